The maximum absolute atomic E-state index is 12.2. The number of carbonyl (C=O) groups excluding carboxylic acids is 3. The van der Waals surface area contributed by atoms with E-state index in [9.17, 15) is 14.4 Å². The topological polar surface area (TPSA) is 78.5 Å². The molecule has 1 saturated heterocycles. The van der Waals surface area contributed by atoms with E-state index >= 15 is 0 Å². The molecule has 1 heterocycles. The third-order valence-electron chi connectivity index (χ3n) is 3.82. The van der Waals surface area contributed by atoms with Crippen molar-refractivity contribution in [3.8, 4) is 0 Å². The Kier molecular flexibility index (Phi) is 7.77. The molecular formula is C17H22BrN3O3S. The Bertz CT molecular complexity index is 633. The number of hydrogen-bond donors (Lipinski definition) is 2. The van der Waals surface area contributed by atoms with Crippen LogP contribution in [0.15, 0.2) is 28.7 Å². The number of rotatable bonds is 6. The Labute approximate surface area is 160 Å². The second-order valence-corrected chi connectivity index (χ2v) is 7.81. The van der Waals surface area contributed by atoms with Gasteiger partial charge in [-0.05, 0) is 31.0 Å². The molecule has 3 amide bonds. The van der Waals surface area contributed by atoms with E-state index in [1.807, 2.05) is 24.3 Å². The van der Waals surface area contributed by atoms with Crippen molar-refractivity contribution >= 4 is 51.1 Å². The Hall–Kier alpha value is -1.54. The number of halogens is 1. The van der Waals surface area contributed by atoms with E-state index in [-0.39, 0.29) is 35.3 Å². The molecule has 0 aliphatic carbocycles. The summed E-state index contributed by atoms with van der Waals surface area (Å²) < 4.78 is 0.899. The molecule has 1 fully saturated rings. The van der Waals surface area contributed by atoms with E-state index < -0.39 is 0 Å². The minimum atomic E-state index is -0.125. The highest BCUT2D eigenvalue weighted by Crippen LogP contribution is 2.16. The van der Waals surface area contributed by atoms with Gasteiger partial charge in [0.15, 0.2) is 0 Å². The van der Waals surface area contributed by atoms with Gasteiger partial charge in [0.25, 0.3) is 0 Å². The van der Waals surface area contributed by atoms with Crippen LogP contribution < -0.4 is 10.6 Å². The van der Waals surface area contributed by atoms with Crippen LogP contribution in [0.2, 0.25) is 0 Å². The minimum Gasteiger partial charge on any atom is -0.353 e. The maximum atomic E-state index is 12.2. The summed E-state index contributed by atoms with van der Waals surface area (Å²) in [5.41, 5.74) is 0.728. The second-order valence-electron chi connectivity index (χ2n) is 5.91. The molecule has 1 aromatic carbocycles. The third-order valence-corrected chi connectivity index (χ3v) is 5.23. The van der Waals surface area contributed by atoms with Gasteiger partial charge < -0.3 is 15.5 Å². The Morgan fingerprint density at radius 1 is 1.24 bits per heavy atom. The fourth-order valence-corrected chi connectivity index (χ4v) is 3.76. The summed E-state index contributed by atoms with van der Waals surface area (Å²) in [7, 11) is 0. The summed E-state index contributed by atoms with van der Waals surface area (Å²) in [6.45, 7) is 2.80. The lowest BCUT2D eigenvalue weighted by molar-refractivity contribution is -0.129. The van der Waals surface area contributed by atoms with Crippen molar-refractivity contribution in [3.05, 3.63) is 28.7 Å². The van der Waals surface area contributed by atoms with E-state index in [2.05, 4.69) is 26.6 Å². The molecule has 25 heavy (non-hydrogen) atoms. The second kappa shape index (κ2) is 9.82. The Morgan fingerprint density at radius 2 is 1.96 bits per heavy atom. The molecule has 0 saturated carbocycles. The number of benzene rings is 1. The van der Waals surface area contributed by atoms with Crippen molar-refractivity contribution < 1.29 is 14.4 Å². The quantitative estimate of drug-likeness (QED) is 0.729. The monoisotopic (exact) mass is 427 g/mol. The summed E-state index contributed by atoms with van der Waals surface area (Å²) in [5, 5.41) is 5.69. The molecule has 1 aliphatic rings. The third kappa shape index (κ3) is 7.07. The Balaban J connectivity index is 1.65. The normalized spacial score (nSPS) is 14.9. The van der Waals surface area contributed by atoms with E-state index in [4.69, 9.17) is 0 Å². The first-order valence-electron chi connectivity index (χ1n) is 8.12. The zero-order valence-electron chi connectivity index (χ0n) is 14.1. The maximum Gasteiger partial charge on any atom is 0.234 e. The lowest BCUT2D eigenvalue weighted by atomic mass is 10.1. The van der Waals surface area contributed by atoms with Crippen molar-refractivity contribution in [3.63, 3.8) is 0 Å². The van der Waals surface area contributed by atoms with E-state index in [0.29, 0.717) is 13.1 Å². The standard InChI is InChI=1S/C17H22BrN3O3S/c1-12(22)19-14-5-7-21(8-6-14)17(24)11-25-10-16(23)20-15-4-2-3-13(18)9-15/h2-4,9,14H,5-8,10-11H2,1H3,(H,19,22)(H,20,23). The van der Waals surface area contributed by atoms with Gasteiger partial charge in [0.2, 0.25) is 17.7 Å². The molecule has 0 radical (unpaired) electrons. The van der Waals surface area contributed by atoms with Crippen molar-refractivity contribution in [1.29, 1.82) is 0 Å². The summed E-state index contributed by atoms with van der Waals surface area (Å²) in [5.74, 6) is 0.413. The molecule has 2 rings (SSSR count). The van der Waals surface area contributed by atoms with Gasteiger partial charge in [-0.3, -0.25) is 14.4 Å². The molecule has 0 spiro atoms. The summed E-state index contributed by atoms with van der Waals surface area (Å²) >= 11 is 4.67. The van der Waals surface area contributed by atoms with Gasteiger partial charge in [-0.15, -0.1) is 11.8 Å². The molecule has 0 atom stereocenters. The number of likely N-dealkylation sites (tertiary alicyclic amines) is 1. The van der Waals surface area contributed by atoms with Crippen molar-refractivity contribution in [2.45, 2.75) is 25.8 Å². The van der Waals surface area contributed by atoms with Gasteiger partial charge in [0, 0.05) is 36.2 Å². The lowest BCUT2D eigenvalue weighted by Crippen LogP contribution is -2.46. The van der Waals surface area contributed by atoms with Gasteiger partial charge >= 0.3 is 0 Å². The largest absolute Gasteiger partial charge is 0.353 e. The van der Waals surface area contributed by atoms with Crippen LogP contribution in [0.4, 0.5) is 5.69 Å². The number of anilines is 1. The highest BCUT2D eigenvalue weighted by atomic mass is 79.9. The first-order valence-corrected chi connectivity index (χ1v) is 10.1. The molecule has 2 N–H and O–H groups in total. The van der Waals surface area contributed by atoms with Crippen LogP contribution in [0.1, 0.15) is 19.8 Å². The highest BCUT2D eigenvalue weighted by Gasteiger charge is 2.23. The number of carbonyl (C=O) groups is 3. The summed E-state index contributed by atoms with van der Waals surface area (Å²) in [6.07, 6.45) is 1.55. The summed E-state index contributed by atoms with van der Waals surface area (Å²) in [6, 6.07) is 7.54. The number of nitrogens with one attached hydrogen (secondary N) is 2. The predicted molar refractivity (Wildman–Crippen MR) is 104 cm³/mol. The fourth-order valence-electron chi connectivity index (χ4n) is 2.65. The van der Waals surface area contributed by atoms with Crippen LogP contribution in [0.3, 0.4) is 0 Å². The van der Waals surface area contributed by atoms with Crippen molar-refractivity contribution in [2.24, 2.45) is 0 Å². The molecular weight excluding hydrogens is 406 g/mol. The van der Waals surface area contributed by atoms with Crippen LogP contribution in [-0.2, 0) is 14.4 Å². The van der Waals surface area contributed by atoms with Crippen molar-refractivity contribution in [1.82, 2.24) is 10.2 Å². The molecule has 0 unspecified atom stereocenters. The molecule has 0 bridgehead atoms. The smallest absolute Gasteiger partial charge is 0.234 e. The van der Waals surface area contributed by atoms with Crippen molar-refractivity contribution in [2.75, 3.05) is 29.9 Å². The zero-order chi connectivity index (χ0) is 18.2. The number of nitrogens with zero attached hydrogens (tertiary/aromatic N) is 1. The SMILES string of the molecule is CC(=O)NC1CCN(C(=O)CSCC(=O)Nc2cccc(Br)c2)CC1. The fraction of sp³-hybridized carbons (Fsp3) is 0.471. The van der Waals surface area contributed by atoms with Crippen LogP contribution in [0, 0.1) is 0 Å². The number of hydrogen-bond acceptors (Lipinski definition) is 4. The first-order chi connectivity index (χ1) is 11.9. The average Bonchev–Trinajstić information content (AvgIpc) is 2.55. The molecule has 6 nitrogen and oxygen atoms in total. The molecule has 1 aromatic rings. The molecule has 8 heteroatoms. The van der Waals surface area contributed by atoms with E-state index in [1.165, 1.54) is 18.7 Å². The zero-order valence-corrected chi connectivity index (χ0v) is 16.5. The van der Waals surface area contributed by atoms with Crippen LogP contribution >= 0.6 is 27.7 Å². The van der Waals surface area contributed by atoms with Crippen LogP contribution in [0.5, 0.6) is 0 Å². The molecule has 1 aliphatic heterocycles. The number of piperidine rings is 1. The van der Waals surface area contributed by atoms with Crippen LogP contribution in [0.25, 0.3) is 0 Å². The number of amides is 3. The molecule has 136 valence electrons. The first kappa shape index (κ1) is 19.8. The van der Waals surface area contributed by atoms with Gasteiger partial charge in [0.05, 0.1) is 11.5 Å². The van der Waals surface area contributed by atoms with Gasteiger partial charge in [0.1, 0.15) is 0 Å². The van der Waals surface area contributed by atoms with Gasteiger partial charge in [-0.2, -0.15) is 0 Å². The minimum absolute atomic E-state index is 0.0307. The van der Waals surface area contributed by atoms with E-state index in [0.717, 1.165) is 23.0 Å². The highest BCUT2D eigenvalue weighted by molar-refractivity contribution is 9.10. The van der Waals surface area contributed by atoms with Gasteiger partial charge in [-0.1, -0.05) is 22.0 Å². The van der Waals surface area contributed by atoms with Gasteiger partial charge in [-0.25, -0.2) is 0 Å². The predicted octanol–water partition coefficient (Wildman–Crippen LogP) is 2.25. The average molecular weight is 428 g/mol. The van der Waals surface area contributed by atoms with E-state index in [1.54, 1.807) is 4.90 Å². The number of thioether (sulfide) groups is 1. The Morgan fingerprint density at radius 3 is 2.60 bits per heavy atom. The van der Waals surface area contributed by atoms with Crippen LogP contribution in [-0.4, -0.2) is 53.3 Å². The summed E-state index contributed by atoms with van der Waals surface area (Å²) in [4.78, 5) is 37.0. The molecule has 0 aromatic heterocycles. The lowest BCUT2D eigenvalue weighted by Gasteiger charge is -2.32.